The summed E-state index contributed by atoms with van der Waals surface area (Å²) in [7, 11) is 0. The number of aromatic nitrogens is 2. The SMILES string of the molecule is CC(C)c1cc(NN)nc(Cc2ccc(Cl)c(Cl)c2)n1. The number of hydrogen-bond donors (Lipinski definition) is 2. The minimum absolute atomic E-state index is 0.303. The van der Waals surface area contributed by atoms with Crippen LogP contribution in [0.15, 0.2) is 24.3 Å². The molecule has 1 heterocycles. The fourth-order valence-corrected chi connectivity index (χ4v) is 2.12. The zero-order valence-electron chi connectivity index (χ0n) is 11.3. The molecular formula is C14H16Cl2N4. The van der Waals surface area contributed by atoms with Crippen molar-refractivity contribution in [2.24, 2.45) is 5.84 Å². The van der Waals surface area contributed by atoms with Crippen LogP contribution in [0.3, 0.4) is 0 Å². The molecule has 0 fully saturated rings. The summed E-state index contributed by atoms with van der Waals surface area (Å²) in [4.78, 5) is 8.90. The Bertz CT molecular complexity index is 614. The van der Waals surface area contributed by atoms with Gasteiger partial charge in [-0.05, 0) is 23.6 Å². The molecule has 0 aliphatic rings. The van der Waals surface area contributed by atoms with Gasteiger partial charge in [-0.15, -0.1) is 0 Å². The van der Waals surface area contributed by atoms with Crippen molar-refractivity contribution >= 4 is 29.0 Å². The van der Waals surface area contributed by atoms with Gasteiger partial charge in [-0.2, -0.15) is 0 Å². The van der Waals surface area contributed by atoms with E-state index >= 15 is 0 Å². The fourth-order valence-electron chi connectivity index (χ4n) is 1.80. The Hall–Kier alpha value is -1.36. The van der Waals surface area contributed by atoms with Crippen LogP contribution in [-0.2, 0) is 6.42 Å². The van der Waals surface area contributed by atoms with Gasteiger partial charge in [0.05, 0.1) is 10.0 Å². The molecule has 6 heteroatoms. The molecule has 0 saturated heterocycles. The van der Waals surface area contributed by atoms with Crippen LogP contribution >= 0.6 is 23.2 Å². The summed E-state index contributed by atoms with van der Waals surface area (Å²) in [5.41, 5.74) is 4.52. The first-order chi connectivity index (χ1) is 9.49. The second kappa shape index (κ2) is 6.39. The lowest BCUT2D eigenvalue weighted by Crippen LogP contribution is -2.12. The van der Waals surface area contributed by atoms with Gasteiger partial charge in [-0.1, -0.05) is 43.1 Å². The van der Waals surface area contributed by atoms with Crippen LogP contribution in [-0.4, -0.2) is 9.97 Å². The van der Waals surface area contributed by atoms with Gasteiger partial charge in [0.2, 0.25) is 0 Å². The highest BCUT2D eigenvalue weighted by Gasteiger charge is 2.09. The number of anilines is 1. The molecule has 0 radical (unpaired) electrons. The predicted molar refractivity (Wildman–Crippen MR) is 83.2 cm³/mol. The molecule has 0 unspecified atom stereocenters. The summed E-state index contributed by atoms with van der Waals surface area (Å²) in [6, 6.07) is 7.36. The van der Waals surface area contributed by atoms with Gasteiger partial charge in [0.15, 0.2) is 0 Å². The molecule has 0 aliphatic heterocycles. The minimum atomic E-state index is 0.303. The number of benzene rings is 1. The third-order valence-corrected chi connectivity index (χ3v) is 3.62. The van der Waals surface area contributed by atoms with E-state index in [1.165, 1.54) is 0 Å². The summed E-state index contributed by atoms with van der Waals surface area (Å²) in [5, 5.41) is 1.07. The number of hydrogen-bond acceptors (Lipinski definition) is 4. The van der Waals surface area contributed by atoms with Crippen LogP contribution < -0.4 is 11.3 Å². The number of hydrazine groups is 1. The van der Waals surface area contributed by atoms with Crippen molar-refractivity contribution in [3.63, 3.8) is 0 Å². The van der Waals surface area contributed by atoms with Gasteiger partial charge in [-0.3, -0.25) is 0 Å². The van der Waals surface area contributed by atoms with E-state index in [2.05, 4.69) is 29.2 Å². The van der Waals surface area contributed by atoms with Crippen LogP contribution in [0, 0.1) is 0 Å². The summed E-state index contributed by atoms with van der Waals surface area (Å²) in [6.07, 6.45) is 0.576. The Balaban J connectivity index is 2.32. The van der Waals surface area contributed by atoms with E-state index in [-0.39, 0.29) is 0 Å². The van der Waals surface area contributed by atoms with E-state index in [0.29, 0.717) is 34.0 Å². The second-order valence-electron chi connectivity index (χ2n) is 4.82. The highest BCUT2D eigenvalue weighted by molar-refractivity contribution is 6.42. The average molecular weight is 311 g/mol. The van der Waals surface area contributed by atoms with Gasteiger partial charge in [0.25, 0.3) is 0 Å². The molecule has 1 aromatic heterocycles. The summed E-state index contributed by atoms with van der Waals surface area (Å²) < 4.78 is 0. The van der Waals surface area contributed by atoms with Gasteiger partial charge < -0.3 is 5.43 Å². The lowest BCUT2D eigenvalue weighted by atomic mass is 10.1. The van der Waals surface area contributed by atoms with E-state index in [1.54, 1.807) is 6.07 Å². The molecule has 3 N–H and O–H groups in total. The number of halogens is 2. The van der Waals surface area contributed by atoms with Gasteiger partial charge >= 0.3 is 0 Å². The van der Waals surface area contributed by atoms with Crippen molar-refractivity contribution in [3.8, 4) is 0 Å². The topological polar surface area (TPSA) is 63.8 Å². The van der Waals surface area contributed by atoms with E-state index < -0.39 is 0 Å². The van der Waals surface area contributed by atoms with Crippen molar-refractivity contribution in [3.05, 3.63) is 51.4 Å². The quantitative estimate of drug-likeness (QED) is 0.666. The molecular weight excluding hydrogens is 295 g/mol. The molecule has 106 valence electrons. The highest BCUT2D eigenvalue weighted by Crippen LogP contribution is 2.24. The Labute approximate surface area is 128 Å². The van der Waals surface area contributed by atoms with Crippen molar-refractivity contribution in [2.45, 2.75) is 26.2 Å². The normalized spacial score (nSPS) is 10.9. The first-order valence-corrected chi connectivity index (χ1v) is 7.03. The number of nitrogens with zero attached hydrogens (tertiary/aromatic N) is 2. The molecule has 0 saturated carbocycles. The van der Waals surface area contributed by atoms with Crippen LogP contribution in [0.4, 0.5) is 5.82 Å². The molecule has 0 atom stereocenters. The Morgan fingerprint density at radius 1 is 1.15 bits per heavy atom. The van der Waals surface area contributed by atoms with E-state index in [4.69, 9.17) is 29.0 Å². The Morgan fingerprint density at radius 2 is 1.90 bits per heavy atom. The van der Waals surface area contributed by atoms with E-state index in [0.717, 1.165) is 11.3 Å². The molecule has 1 aromatic carbocycles. The second-order valence-corrected chi connectivity index (χ2v) is 5.63. The number of nitrogens with one attached hydrogen (secondary N) is 1. The Kier molecular flexibility index (Phi) is 4.81. The minimum Gasteiger partial charge on any atom is -0.308 e. The molecule has 0 amide bonds. The van der Waals surface area contributed by atoms with E-state index in [1.807, 2.05) is 18.2 Å². The number of rotatable bonds is 4. The molecule has 0 aliphatic carbocycles. The monoisotopic (exact) mass is 310 g/mol. The third-order valence-electron chi connectivity index (χ3n) is 2.88. The van der Waals surface area contributed by atoms with Gasteiger partial charge in [0.1, 0.15) is 11.6 Å². The third kappa shape index (κ3) is 3.60. The summed E-state index contributed by atoms with van der Waals surface area (Å²) in [5.74, 6) is 7.06. The van der Waals surface area contributed by atoms with Crippen LogP contribution in [0.2, 0.25) is 10.0 Å². The van der Waals surface area contributed by atoms with Crippen LogP contribution in [0.5, 0.6) is 0 Å². The van der Waals surface area contributed by atoms with Crippen LogP contribution in [0.1, 0.15) is 36.8 Å². The molecule has 0 spiro atoms. The zero-order valence-corrected chi connectivity index (χ0v) is 12.8. The molecule has 2 rings (SSSR count). The number of nitrogen functional groups attached to an aromatic ring is 1. The molecule has 2 aromatic rings. The first kappa shape index (κ1) is 15.0. The largest absolute Gasteiger partial charge is 0.308 e. The van der Waals surface area contributed by atoms with Crippen molar-refractivity contribution in [1.29, 1.82) is 0 Å². The molecule has 0 bridgehead atoms. The van der Waals surface area contributed by atoms with E-state index in [9.17, 15) is 0 Å². The fraction of sp³-hybridized carbons (Fsp3) is 0.286. The average Bonchev–Trinajstić information content (AvgIpc) is 2.42. The summed E-state index contributed by atoms with van der Waals surface area (Å²) >= 11 is 11.9. The lowest BCUT2D eigenvalue weighted by molar-refractivity contribution is 0.792. The zero-order chi connectivity index (χ0) is 14.7. The Morgan fingerprint density at radius 3 is 2.50 bits per heavy atom. The maximum absolute atomic E-state index is 6.02. The standard InChI is InChI=1S/C14H16Cl2N4/c1-8(2)12-7-14(20-17)19-13(18-12)6-9-3-4-10(15)11(16)5-9/h3-5,7-8H,6,17H2,1-2H3,(H,18,19,20). The maximum atomic E-state index is 6.02. The number of nitrogens with two attached hydrogens (primary N) is 1. The highest BCUT2D eigenvalue weighted by atomic mass is 35.5. The van der Waals surface area contributed by atoms with Crippen molar-refractivity contribution in [2.75, 3.05) is 5.43 Å². The molecule has 20 heavy (non-hydrogen) atoms. The lowest BCUT2D eigenvalue weighted by Gasteiger charge is -2.10. The first-order valence-electron chi connectivity index (χ1n) is 6.28. The predicted octanol–water partition coefficient (Wildman–Crippen LogP) is 3.78. The molecule has 4 nitrogen and oxygen atoms in total. The maximum Gasteiger partial charge on any atom is 0.143 e. The smallest absolute Gasteiger partial charge is 0.143 e. The van der Waals surface area contributed by atoms with Gasteiger partial charge in [-0.25, -0.2) is 15.8 Å². The van der Waals surface area contributed by atoms with Crippen LogP contribution in [0.25, 0.3) is 0 Å². The van der Waals surface area contributed by atoms with Gasteiger partial charge in [0, 0.05) is 18.2 Å². The van der Waals surface area contributed by atoms with Crippen molar-refractivity contribution in [1.82, 2.24) is 9.97 Å². The van der Waals surface area contributed by atoms with Crippen molar-refractivity contribution < 1.29 is 0 Å². The summed E-state index contributed by atoms with van der Waals surface area (Å²) in [6.45, 7) is 4.15.